The summed E-state index contributed by atoms with van der Waals surface area (Å²) in [5.41, 5.74) is 7.42. The van der Waals surface area contributed by atoms with E-state index in [1.807, 2.05) is 55.7 Å². The third-order valence-electron chi connectivity index (χ3n) is 7.79. The van der Waals surface area contributed by atoms with Crippen LogP contribution in [0.15, 0.2) is 60.8 Å². The molecule has 1 heterocycles. The van der Waals surface area contributed by atoms with Gasteiger partial charge in [0.1, 0.15) is 24.3 Å². The summed E-state index contributed by atoms with van der Waals surface area (Å²) in [7, 11) is 1.45. The summed E-state index contributed by atoms with van der Waals surface area (Å²) in [4.78, 5) is 40.5. The van der Waals surface area contributed by atoms with E-state index in [0.29, 0.717) is 17.8 Å². The van der Waals surface area contributed by atoms with E-state index in [9.17, 15) is 28.3 Å². The number of aliphatic hydroxyl groups is 1. The number of amides is 3. The quantitative estimate of drug-likeness (QED) is 0.228. The standard InChI is InChI=1S/C34H45F2N5O4/c1-21(2)30(37)33(45)39-27(32(44)38-6)14-15-41(29(43)20-42)31(34(3,4)5)28-16-23(25-17-24(35)12-13-26(25)36)19-40(28)18-22-10-8-7-9-11-22/h7-13,16-17,19,21,27,30-31,42H,14-15,18,20,37H2,1-6H3,(H,38,44)(H,39,45)/t27-,30-,31-/m0/s1. The first-order valence-corrected chi connectivity index (χ1v) is 15.0. The lowest BCUT2D eigenvalue weighted by atomic mass is 9.82. The van der Waals surface area contributed by atoms with Crippen molar-refractivity contribution in [3.05, 3.63) is 83.7 Å². The fourth-order valence-corrected chi connectivity index (χ4v) is 5.38. The van der Waals surface area contributed by atoms with Gasteiger partial charge in [-0.1, -0.05) is 65.0 Å². The van der Waals surface area contributed by atoms with Crippen molar-refractivity contribution in [2.75, 3.05) is 20.2 Å². The number of nitrogens with zero attached hydrogens (tertiary/aromatic N) is 2. The van der Waals surface area contributed by atoms with E-state index in [1.165, 1.54) is 11.9 Å². The van der Waals surface area contributed by atoms with Crippen LogP contribution in [0.2, 0.25) is 0 Å². The van der Waals surface area contributed by atoms with Gasteiger partial charge in [0, 0.05) is 43.2 Å². The van der Waals surface area contributed by atoms with Crippen LogP contribution in [0, 0.1) is 23.0 Å². The van der Waals surface area contributed by atoms with Crippen molar-refractivity contribution in [1.29, 1.82) is 0 Å². The number of likely N-dealkylation sites (N-methyl/N-ethyl adjacent to an activating group) is 1. The molecule has 3 aromatic rings. The second-order valence-corrected chi connectivity index (χ2v) is 12.6. The van der Waals surface area contributed by atoms with Crippen LogP contribution >= 0.6 is 0 Å². The largest absolute Gasteiger partial charge is 0.387 e. The van der Waals surface area contributed by atoms with Crippen LogP contribution < -0.4 is 16.4 Å². The molecule has 5 N–H and O–H groups in total. The van der Waals surface area contributed by atoms with Gasteiger partial charge >= 0.3 is 0 Å². The van der Waals surface area contributed by atoms with E-state index in [-0.39, 0.29) is 24.4 Å². The Hall–Kier alpha value is -4.09. The van der Waals surface area contributed by atoms with E-state index in [4.69, 9.17) is 5.73 Å². The predicted octanol–water partition coefficient (Wildman–Crippen LogP) is 3.99. The smallest absolute Gasteiger partial charge is 0.248 e. The zero-order chi connectivity index (χ0) is 33.5. The molecule has 0 bridgehead atoms. The third-order valence-corrected chi connectivity index (χ3v) is 7.79. The number of rotatable bonds is 13. The maximum atomic E-state index is 15.0. The predicted molar refractivity (Wildman–Crippen MR) is 170 cm³/mol. The number of aromatic nitrogens is 1. The highest BCUT2D eigenvalue weighted by Gasteiger charge is 2.38. The lowest BCUT2D eigenvalue weighted by Crippen LogP contribution is -2.54. The van der Waals surface area contributed by atoms with E-state index in [1.54, 1.807) is 26.1 Å². The molecule has 3 amide bonds. The summed E-state index contributed by atoms with van der Waals surface area (Å²) in [5, 5.41) is 15.3. The number of benzene rings is 2. The van der Waals surface area contributed by atoms with Crippen molar-refractivity contribution >= 4 is 17.7 Å². The number of carbonyl (C=O) groups excluding carboxylic acids is 3. The molecule has 3 rings (SSSR count). The summed E-state index contributed by atoms with van der Waals surface area (Å²) < 4.78 is 31.1. The summed E-state index contributed by atoms with van der Waals surface area (Å²) in [6.45, 7) is 8.92. The summed E-state index contributed by atoms with van der Waals surface area (Å²) in [6, 6.07) is 12.0. The van der Waals surface area contributed by atoms with Gasteiger partial charge in [-0.2, -0.15) is 0 Å². The molecule has 0 spiro atoms. The van der Waals surface area contributed by atoms with Crippen molar-refractivity contribution in [1.82, 2.24) is 20.1 Å². The Bertz CT molecular complexity index is 1470. The average molecular weight is 626 g/mol. The molecule has 0 saturated carbocycles. The normalized spacial score (nSPS) is 13.7. The molecule has 0 saturated heterocycles. The van der Waals surface area contributed by atoms with Crippen LogP contribution in [0.1, 0.15) is 58.3 Å². The number of hydrogen-bond acceptors (Lipinski definition) is 5. The van der Waals surface area contributed by atoms with Gasteiger partial charge in [-0.3, -0.25) is 14.4 Å². The number of nitrogens with two attached hydrogens (primary N) is 1. The third kappa shape index (κ3) is 8.98. The molecular formula is C34H45F2N5O4. The summed E-state index contributed by atoms with van der Waals surface area (Å²) >= 11 is 0. The minimum absolute atomic E-state index is 0.0171. The van der Waals surface area contributed by atoms with E-state index in [0.717, 1.165) is 23.8 Å². The molecule has 244 valence electrons. The Morgan fingerprint density at radius 3 is 2.27 bits per heavy atom. The monoisotopic (exact) mass is 625 g/mol. The SMILES string of the molecule is CNC(=O)[C@H](CCN(C(=O)CO)[C@@H](c1cc(-c2cc(F)ccc2F)cn1Cc1ccccc1)C(C)(C)C)NC(=O)[C@@H](N)C(C)C. The first kappa shape index (κ1) is 35.4. The van der Waals surface area contributed by atoms with E-state index in [2.05, 4.69) is 10.6 Å². The highest BCUT2D eigenvalue weighted by atomic mass is 19.1. The minimum Gasteiger partial charge on any atom is -0.387 e. The van der Waals surface area contributed by atoms with Gasteiger partial charge in [0.2, 0.25) is 17.7 Å². The maximum absolute atomic E-state index is 15.0. The van der Waals surface area contributed by atoms with Gasteiger partial charge < -0.3 is 30.9 Å². The molecule has 0 aliphatic carbocycles. The number of carbonyl (C=O) groups is 3. The summed E-state index contributed by atoms with van der Waals surface area (Å²) in [5.74, 6) is -2.90. The van der Waals surface area contributed by atoms with Crippen LogP contribution in [0.25, 0.3) is 11.1 Å². The number of aliphatic hydroxyl groups excluding tert-OH is 1. The number of nitrogens with one attached hydrogen (secondary N) is 2. The van der Waals surface area contributed by atoms with Gasteiger partial charge in [-0.05, 0) is 47.6 Å². The second-order valence-electron chi connectivity index (χ2n) is 12.6. The maximum Gasteiger partial charge on any atom is 0.248 e. The van der Waals surface area contributed by atoms with Crippen LogP contribution in [-0.2, 0) is 20.9 Å². The topological polar surface area (TPSA) is 130 Å². The fourth-order valence-electron chi connectivity index (χ4n) is 5.38. The van der Waals surface area contributed by atoms with Crippen LogP contribution in [-0.4, -0.2) is 64.6 Å². The number of hydrogen-bond donors (Lipinski definition) is 4. The first-order valence-electron chi connectivity index (χ1n) is 15.0. The zero-order valence-corrected chi connectivity index (χ0v) is 26.8. The van der Waals surface area contributed by atoms with Gasteiger partial charge in [-0.15, -0.1) is 0 Å². The highest BCUT2D eigenvalue weighted by Crippen LogP contribution is 2.41. The molecule has 2 aromatic carbocycles. The van der Waals surface area contributed by atoms with Crippen LogP contribution in [0.5, 0.6) is 0 Å². The second kappa shape index (κ2) is 15.3. The number of halogens is 2. The molecule has 0 aliphatic rings. The molecule has 0 radical (unpaired) electrons. The Morgan fingerprint density at radius 2 is 1.69 bits per heavy atom. The van der Waals surface area contributed by atoms with Crippen molar-refractivity contribution in [3.8, 4) is 11.1 Å². The van der Waals surface area contributed by atoms with Crippen molar-refractivity contribution in [2.45, 2.75) is 65.7 Å². The highest BCUT2D eigenvalue weighted by molar-refractivity contribution is 5.89. The molecule has 9 nitrogen and oxygen atoms in total. The Kier molecular flexibility index (Phi) is 12.0. The molecule has 0 fully saturated rings. The molecular weight excluding hydrogens is 580 g/mol. The zero-order valence-electron chi connectivity index (χ0n) is 26.8. The van der Waals surface area contributed by atoms with Crippen molar-refractivity contribution in [3.63, 3.8) is 0 Å². The Morgan fingerprint density at radius 1 is 1.02 bits per heavy atom. The van der Waals surface area contributed by atoms with Crippen LogP contribution in [0.3, 0.4) is 0 Å². The lowest BCUT2D eigenvalue weighted by Gasteiger charge is -2.41. The average Bonchev–Trinajstić information content (AvgIpc) is 3.40. The van der Waals surface area contributed by atoms with Crippen LogP contribution in [0.4, 0.5) is 8.78 Å². The van der Waals surface area contributed by atoms with Crippen molar-refractivity contribution in [2.24, 2.45) is 17.1 Å². The van der Waals surface area contributed by atoms with Gasteiger partial charge in [0.15, 0.2) is 0 Å². The molecule has 11 heteroatoms. The summed E-state index contributed by atoms with van der Waals surface area (Å²) in [6.07, 6.45) is 1.75. The van der Waals surface area contributed by atoms with Gasteiger partial charge in [0.05, 0.1) is 12.1 Å². The minimum atomic E-state index is -1.00. The van der Waals surface area contributed by atoms with Gasteiger partial charge in [0.25, 0.3) is 0 Å². The fraction of sp³-hybridized carbons (Fsp3) is 0.441. The Labute approximate surface area is 263 Å². The van der Waals surface area contributed by atoms with E-state index < -0.39 is 59.5 Å². The molecule has 1 aromatic heterocycles. The lowest BCUT2D eigenvalue weighted by molar-refractivity contribution is -0.140. The van der Waals surface area contributed by atoms with Gasteiger partial charge in [-0.25, -0.2) is 8.78 Å². The molecule has 3 atom stereocenters. The Balaban J connectivity index is 2.12. The molecule has 0 aliphatic heterocycles. The molecule has 45 heavy (non-hydrogen) atoms. The van der Waals surface area contributed by atoms with E-state index >= 15 is 0 Å². The van der Waals surface area contributed by atoms with Crippen molar-refractivity contribution < 1.29 is 28.3 Å². The first-order chi connectivity index (χ1) is 21.2. The molecule has 0 unspecified atom stereocenters.